The summed E-state index contributed by atoms with van der Waals surface area (Å²) in [4.78, 5) is 19.1. The number of aromatic nitrogens is 1. The molecule has 120 valence electrons. The molecule has 1 amide bonds. The molecular weight excluding hydrogens is 278 g/mol. The molecule has 22 heavy (non-hydrogen) atoms. The Labute approximate surface area is 132 Å². The average Bonchev–Trinajstić information content (AvgIpc) is 3.01. The summed E-state index contributed by atoms with van der Waals surface area (Å²) in [6, 6.07) is 4.32. The predicted octanol–water partition coefficient (Wildman–Crippen LogP) is 1.44. The third-order valence-electron chi connectivity index (χ3n) is 4.88. The summed E-state index contributed by atoms with van der Waals surface area (Å²) in [7, 11) is 0. The molecule has 0 aliphatic carbocycles. The molecule has 3 heterocycles. The number of pyridine rings is 1. The van der Waals surface area contributed by atoms with Gasteiger partial charge in [-0.1, -0.05) is 6.07 Å². The van der Waals surface area contributed by atoms with Gasteiger partial charge in [-0.2, -0.15) is 0 Å². The number of likely N-dealkylation sites (tertiary alicyclic amines) is 1. The molecule has 1 aromatic rings. The monoisotopic (exact) mass is 303 g/mol. The minimum absolute atomic E-state index is 0.0281. The van der Waals surface area contributed by atoms with Crippen LogP contribution >= 0.6 is 0 Å². The Balaban J connectivity index is 1.64. The van der Waals surface area contributed by atoms with E-state index in [1.807, 2.05) is 12.1 Å². The topological polar surface area (TPSA) is 54.5 Å². The molecule has 0 saturated carbocycles. The van der Waals surface area contributed by atoms with Gasteiger partial charge in [-0.3, -0.25) is 14.7 Å². The van der Waals surface area contributed by atoms with E-state index in [1.54, 1.807) is 12.4 Å². The van der Waals surface area contributed by atoms with Crippen LogP contribution in [0.2, 0.25) is 0 Å². The molecule has 3 atom stereocenters. The van der Waals surface area contributed by atoms with E-state index in [0.29, 0.717) is 18.5 Å². The number of hydrogen-bond donors (Lipinski definition) is 1. The van der Waals surface area contributed by atoms with Gasteiger partial charge >= 0.3 is 0 Å². The average molecular weight is 303 g/mol. The summed E-state index contributed by atoms with van der Waals surface area (Å²) >= 11 is 0. The van der Waals surface area contributed by atoms with Crippen LogP contribution in [-0.4, -0.2) is 47.6 Å². The molecule has 0 bridgehead atoms. The van der Waals surface area contributed by atoms with Gasteiger partial charge in [0.1, 0.15) is 0 Å². The molecule has 5 nitrogen and oxygen atoms in total. The number of piperidine rings is 1. The Hall–Kier alpha value is -1.46. The fraction of sp³-hybridized carbons (Fsp3) is 0.647. The van der Waals surface area contributed by atoms with Crippen LogP contribution in [0.1, 0.15) is 25.8 Å². The number of rotatable bonds is 4. The molecule has 2 saturated heterocycles. The van der Waals surface area contributed by atoms with Gasteiger partial charge in [0, 0.05) is 50.6 Å². The van der Waals surface area contributed by atoms with E-state index < -0.39 is 0 Å². The number of nitrogens with one attached hydrogen (secondary N) is 1. The van der Waals surface area contributed by atoms with Crippen molar-refractivity contribution in [3.05, 3.63) is 30.1 Å². The number of carbonyl (C=O) groups excluding carboxylic acids is 1. The van der Waals surface area contributed by atoms with Gasteiger partial charge < -0.3 is 10.1 Å². The van der Waals surface area contributed by atoms with Gasteiger partial charge in [0.05, 0.1) is 12.0 Å². The maximum atomic E-state index is 12.7. The zero-order chi connectivity index (χ0) is 15.5. The fourth-order valence-corrected chi connectivity index (χ4v) is 3.53. The lowest BCUT2D eigenvalue weighted by molar-refractivity contribution is -0.131. The SMILES string of the molecule is CC(C)N1C[C@@H]2OCC[C@@H]2[C@@H](C(=O)NCc2cccnc2)C1. The number of carbonyl (C=O) groups is 1. The van der Waals surface area contributed by atoms with Crippen molar-refractivity contribution in [3.8, 4) is 0 Å². The van der Waals surface area contributed by atoms with Crippen LogP contribution in [0, 0.1) is 11.8 Å². The quantitative estimate of drug-likeness (QED) is 0.914. The van der Waals surface area contributed by atoms with Crippen molar-refractivity contribution < 1.29 is 9.53 Å². The fourth-order valence-electron chi connectivity index (χ4n) is 3.53. The third kappa shape index (κ3) is 3.31. The summed E-state index contributed by atoms with van der Waals surface area (Å²) in [6.07, 6.45) is 4.75. The Bertz CT molecular complexity index is 506. The highest BCUT2D eigenvalue weighted by Crippen LogP contribution is 2.34. The summed E-state index contributed by atoms with van der Waals surface area (Å²) in [5.74, 6) is 0.541. The molecule has 2 fully saturated rings. The summed E-state index contributed by atoms with van der Waals surface area (Å²) in [6.45, 7) is 7.48. The number of ether oxygens (including phenoxy) is 1. The number of fused-ring (bicyclic) bond motifs is 1. The van der Waals surface area contributed by atoms with Crippen molar-refractivity contribution in [2.24, 2.45) is 11.8 Å². The number of nitrogens with zero attached hydrogens (tertiary/aromatic N) is 2. The first-order valence-electron chi connectivity index (χ1n) is 8.17. The van der Waals surface area contributed by atoms with Gasteiger partial charge in [0.25, 0.3) is 0 Å². The normalized spacial score (nSPS) is 28.6. The zero-order valence-electron chi connectivity index (χ0n) is 13.4. The van der Waals surface area contributed by atoms with Crippen LogP contribution in [0.25, 0.3) is 0 Å². The highest BCUT2D eigenvalue weighted by atomic mass is 16.5. The Morgan fingerprint density at radius 3 is 3.09 bits per heavy atom. The van der Waals surface area contributed by atoms with Crippen molar-refractivity contribution in [3.63, 3.8) is 0 Å². The van der Waals surface area contributed by atoms with E-state index in [4.69, 9.17) is 4.74 Å². The van der Waals surface area contributed by atoms with Crippen molar-refractivity contribution in [1.29, 1.82) is 0 Å². The summed E-state index contributed by atoms with van der Waals surface area (Å²) in [5.41, 5.74) is 1.03. The molecule has 0 aromatic carbocycles. The van der Waals surface area contributed by atoms with Gasteiger partial charge in [-0.05, 0) is 31.9 Å². The third-order valence-corrected chi connectivity index (χ3v) is 4.88. The molecule has 0 radical (unpaired) electrons. The predicted molar refractivity (Wildman–Crippen MR) is 84.1 cm³/mol. The second-order valence-electron chi connectivity index (χ2n) is 6.59. The van der Waals surface area contributed by atoms with E-state index in [2.05, 4.69) is 29.0 Å². The molecular formula is C17H25N3O2. The lowest BCUT2D eigenvalue weighted by Gasteiger charge is -2.41. The molecule has 1 N–H and O–H groups in total. The first kappa shape index (κ1) is 15.4. The van der Waals surface area contributed by atoms with Gasteiger partial charge in [0.2, 0.25) is 5.91 Å². The van der Waals surface area contributed by atoms with Crippen LogP contribution < -0.4 is 5.32 Å². The van der Waals surface area contributed by atoms with E-state index in [-0.39, 0.29) is 17.9 Å². The number of hydrogen-bond acceptors (Lipinski definition) is 4. The van der Waals surface area contributed by atoms with Crippen molar-refractivity contribution >= 4 is 5.91 Å². The lowest BCUT2D eigenvalue weighted by Crippen LogP contribution is -2.54. The Kier molecular flexibility index (Phi) is 4.74. The van der Waals surface area contributed by atoms with Crippen LogP contribution in [0.4, 0.5) is 0 Å². The Morgan fingerprint density at radius 1 is 1.50 bits per heavy atom. The largest absolute Gasteiger partial charge is 0.377 e. The van der Waals surface area contributed by atoms with Crippen LogP contribution in [0.5, 0.6) is 0 Å². The van der Waals surface area contributed by atoms with E-state index in [9.17, 15) is 4.79 Å². The van der Waals surface area contributed by atoms with E-state index in [1.165, 1.54) is 0 Å². The van der Waals surface area contributed by atoms with Crippen molar-refractivity contribution in [2.45, 2.75) is 39.0 Å². The summed E-state index contributed by atoms with van der Waals surface area (Å²) < 4.78 is 5.85. The molecule has 5 heteroatoms. The molecule has 0 unspecified atom stereocenters. The first-order chi connectivity index (χ1) is 10.6. The smallest absolute Gasteiger partial charge is 0.225 e. The van der Waals surface area contributed by atoms with Gasteiger partial charge in [-0.25, -0.2) is 0 Å². The minimum Gasteiger partial charge on any atom is -0.377 e. The highest BCUT2D eigenvalue weighted by Gasteiger charge is 2.44. The first-order valence-corrected chi connectivity index (χ1v) is 8.17. The van der Waals surface area contributed by atoms with E-state index in [0.717, 1.165) is 31.7 Å². The standard InChI is InChI=1S/C17H25N3O2/c1-12(2)20-10-15(14-5-7-22-16(14)11-20)17(21)19-9-13-4-3-6-18-8-13/h3-4,6,8,12,14-16H,5,7,9-11H2,1-2H3,(H,19,21)/t14-,15+,16+/m1/s1. The summed E-state index contributed by atoms with van der Waals surface area (Å²) in [5, 5.41) is 3.08. The highest BCUT2D eigenvalue weighted by molar-refractivity contribution is 5.79. The minimum atomic E-state index is 0.0281. The van der Waals surface area contributed by atoms with Crippen LogP contribution in [0.15, 0.2) is 24.5 Å². The number of amides is 1. The van der Waals surface area contributed by atoms with Crippen molar-refractivity contribution in [1.82, 2.24) is 15.2 Å². The van der Waals surface area contributed by atoms with Crippen molar-refractivity contribution in [2.75, 3.05) is 19.7 Å². The van der Waals surface area contributed by atoms with Gasteiger partial charge in [-0.15, -0.1) is 0 Å². The molecule has 2 aliphatic heterocycles. The molecule has 3 rings (SSSR count). The second kappa shape index (κ2) is 6.75. The van der Waals surface area contributed by atoms with E-state index >= 15 is 0 Å². The van der Waals surface area contributed by atoms with Crippen LogP contribution in [0.3, 0.4) is 0 Å². The molecule has 0 spiro atoms. The maximum Gasteiger partial charge on any atom is 0.225 e. The molecule has 1 aromatic heterocycles. The Morgan fingerprint density at radius 2 is 2.36 bits per heavy atom. The molecule has 2 aliphatic rings. The van der Waals surface area contributed by atoms with Gasteiger partial charge in [0.15, 0.2) is 0 Å². The van der Waals surface area contributed by atoms with Crippen LogP contribution in [-0.2, 0) is 16.1 Å². The maximum absolute atomic E-state index is 12.7. The lowest BCUT2D eigenvalue weighted by atomic mass is 9.81. The second-order valence-corrected chi connectivity index (χ2v) is 6.59. The zero-order valence-corrected chi connectivity index (χ0v) is 13.4.